The van der Waals surface area contributed by atoms with Gasteiger partial charge in [0.25, 0.3) is 5.91 Å². The number of hydrogen-bond donors (Lipinski definition) is 2. The van der Waals surface area contributed by atoms with E-state index in [2.05, 4.69) is 37.2 Å². The fourth-order valence-corrected chi connectivity index (χ4v) is 3.25. The van der Waals surface area contributed by atoms with Gasteiger partial charge in [-0.25, -0.2) is 9.59 Å². The van der Waals surface area contributed by atoms with Crippen LogP contribution in [0.5, 0.6) is 5.75 Å². The molecule has 158 valence electrons. The molecule has 1 atom stereocenters. The van der Waals surface area contributed by atoms with Crippen LogP contribution in [0.25, 0.3) is 0 Å². The van der Waals surface area contributed by atoms with E-state index >= 15 is 0 Å². The molecule has 0 radical (unpaired) electrons. The smallest absolute Gasteiger partial charge is 0.343 e. The Bertz CT molecular complexity index is 1080. The SMILES string of the molecule is O=C(N[C@@H](Cc1ccc(OC(=O)c2ccc(Br)cc2)cc1)C(=O)O)c1ccc(Br)cc1. The van der Waals surface area contributed by atoms with E-state index in [0.717, 1.165) is 8.95 Å². The second-order valence-electron chi connectivity index (χ2n) is 6.62. The average Bonchev–Trinajstić information content (AvgIpc) is 2.75. The Labute approximate surface area is 195 Å². The Hall–Kier alpha value is -2.97. The summed E-state index contributed by atoms with van der Waals surface area (Å²) in [5.41, 5.74) is 1.45. The fraction of sp³-hybridized carbons (Fsp3) is 0.0870. The molecule has 0 aliphatic rings. The Morgan fingerprint density at radius 3 is 1.84 bits per heavy atom. The molecule has 0 aliphatic carbocycles. The van der Waals surface area contributed by atoms with Crippen LogP contribution >= 0.6 is 31.9 Å². The average molecular weight is 547 g/mol. The number of aliphatic carboxylic acids is 1. The molecule has 3 aromatic carbocycles. The molecule has 3 aromatic rings. The number of ether oxygens (including phenoxy) is 1. The normalized spacial score (nSPS) is 11.4. The van der Waals surface area contributed by atoms with Gasteiger partial charge in [-0.1, -0.05) is 44.0 Å². The third kappa shape index (κ3) is 6.50. The molecule has 8 heteroatoms. The first kappa shape index (κ1) is 22.7. The lowest BCUT2D eigenvalue weighted by atomic mass is 10.1. The summed E-state index contributed by atoms with van der Waals surface area (Å²) in [5, 5.41) is 12.0. The van der Waals surface area contributed by atoms with Gasteiger partial charge in [-0.15, -0.1) is 0 Å². The van der Waals surface area contributed by atoms with Crippen molar-refractivity contribution in [3.8, 4) is 5.75 Å². The zero-order chi connectivity index (χ0) is 22.4. The number of rotatable bonds is 7. The van der Waals surface area contributed by atoms with Gasteiger partial charge in [-0.2, -0.15) is 0 Å². The van der Waals surface area contributed by atoms with Gasteiger partial charge in [-0.05, 0) is 66.2 Å². The number of carboxylic acid groups (broad SMARTS) is 1. The van der Waals surface area contributed by atoms with Crippen LogP contribution in [-0.2, 0) is 11.2 Å². The maximum Gasteiger partial charge on any atom is 0.343 e. The number of hydrogen-bond acceptors (Lipinski definition) is 4. The predicted octanol–water partition coefficient (Wildman–Crippen LogP) is 4.86. The maximum absolute atomic E-state index is 12.3. The molecule has 0 heterocycles. The minimum Gasteiger partial charge on any atom is -0.480 e. The van der Waals surface area contributed by atoms with Crippen LogP contribution in [-0.4, -0.2) is 29.0 Å². The highest BCUT2D eigenvalue weighted by Gasteiger charge is 2.21. The molecule has 3 rings (SSSR count). The molecule has 2 N–H and O–H groups in total. The third-order valence-electron chi connectivity index (χ3n) is 4.36. The molecule has 0 aromatic heterocycles. The van der Waals surface area contributed by atoms with Crippen molar-refractivity contribution in [2.24, 2.45) is 0 Å². The summed E-state index contributed by atoms with van der Waals surface area (Å²) in [6.45, 7) is 0. The molecule has 0 spiro atoms. The lowest BCUT2D eigenvalue weighted by Gasteiger charge is -2.15. The second-order valence-corrected chi connectivity index (χ2v) is 8.45. The van der Waals surface area contributed by atoms with Crippen molar-refractivity contribution in [2.75, 3.05) is 0 Å². The van der Waals surface area contributed by atoms with Crippen molar-refractivity contribution in [2.45, 2.75) is 12.5 Å². The van der Waals surface area contributed by atoms with Crippen LogP contribution in [0.1, 0.15) is 26.3 Å². The number of halogens is 2. The van der Waals surface area contributed by atoms with Crippen LogP contribution in [0.4, 0.5) is 0 Å². The fourth-order valence-electron chi connectivity index (χ4n) is 2.72. The molecule has 0 saturated carbocycles. The Morgan fingerprint density at radius 2 is 1.32 bits per heavy atom. The zero-order valence-electron chi connectivity index (χ0n) is 16.0. The van der Waals surface area contributed by atoms with Gasteiger partial charge in [-0.3, -0.25) is 4.79 Å². The van der Waals surface area contributed by atoms with Crippen molar-refractivity contribution in [3.05, 3.63) is 98.4 Å². The lowest BCUT2D eigenvalue weighted by Crippen LogP contribution is -2.42. The van der Waals surface area contributed by atoms with E-state index in [0.29, 0.717) is 22.4 Å². The maximum atomic E-state index is 12.3. The standard InChI is InChI=1S/C23H17Br2NO5/c24-17-7-3-15(4-8-17)21(27)26-20(22(28)29)13-14-1-11-19(12-2-14)31-23(30)16-5-9-18(25)10-6-16/h1-12,20H,13H2,(H,26,27)(H,28,29)/t20-/m0/s1. The first-order valence-corrected chi connectivity index (χ1v) is 10.8. The molecular weight excluding hydrogens is 530 g/mol. The van der Waals surface area contributed by atoms with Crippen molar-refractivity contribution in [1.82, 2.24) is 5.32 Å². The van der Waals surface area contributed by atoms with E-state index in [1.807, 2.05) is 0 Å². The predicted molar refractivity (Wildman–Crippen MR) is 122 cm³/mol. The highest BCUT2D eigenvalue weighted by atomic mass is 79.9. The van der Waals surface area contributed by atoms with E-state index < -0.39 is 23.9 Å². The third-order valence-corrected chi connectivity index (χ3v) is 5.42. The van der Waals surface area contributed by atoms with Gasteiger partial charge in [0.05, 0.1) is 5.56 Å². The molecule has 1 amide bonds. The quantitative estimate of drug-likeness (QED) is 0.326. The second kappa shape index (κ2) is 10.4. The largest absolute Gasteiger partial charge is 0.480 e. The summed E-state index contributed by atoms with van der Waals surface area (Å²) < 4.78 is 7.01. The summed E-state index contributed by atoms with van der Waals surface area (Å²) in [6.07, 6.45) is 0.0819. The van der Waals surface area contributed by atoms with Crippen molar-refractivity contribution < 1.29 is 24.2 Å². The number of carbonyl (C=O) groups excluding carboxylic acids is 2. The molecule has 0 unspecified atom stereocenters. The Morgan fingerprint density at radius 1 is 0.806 bits per heavy atom. The molecular formula is C23H17Br2NO5. The van der Waals surface area contributed by atoms with E-state index in [-0.39, 0.29) is 6.42 Å². The lowest BCUT2D eigenvalue weighted by molar-refractivity contribution is -0.139. The first-order valence-electron chi connectivity index (χ1n) is 9.18. The highest BCUT2D eigenvalue weighted by Crippen LogP contribution is 2.17. The van der Waals surface area contributed by atoms with Crippen LogP contribution in [0, 0.1) is 0 Å². The van der Waals surface area contributed by atoms with Gasteiger partial charge in [0.15, 0.2) is 0 Å². The monoisotopic (exact) mass is 545 g/mol. The van der Waals surface area contributed by atoms with Crippen LogP contribution in [0.2, 0.25) is 0 Å². The number of carboxylic acids is 1. The highest BCUT2D eigenvalue weighted by molar-refractivity contribution is 9.10. The van der Waals surface area contributed by atoms with E-state index in [1.165, 1.54) is 0 Å². The Kier molecular flexibility index (Phi) is 7.59. The molecule has 0 saturated heterocycles. The summed E-state index contributed by atoms with van der Waals surface area (Å²) in [4.78, 5) is 36.2. The number of esters is 1. The van der Waals surface area contributed by atoms with Gasteiger partial charge in [0.2, 0.25) is 0 Å². The number of benzene rings is 3. The topological polar surface area (TPSA) is 92.7 Å². The summed E-state index contributed by atoms with van der Waals surface area (Å²) in [5.74, 6) is -1.77. The minimum atomic E-state index is -1.14. The summed E-state index contributed by atoms with van der Waals surface area (Å²) in [6, 6.07) is 18.8. The first-order chi connectivity index (χ1) is 14.8. The van der Waals surface area contributed by atoms with Crippen molar-refractivity contribution in [3.63, 3.8) is 0 Å². The molecule has 31 heavy (non-hydrogen) atoms. The van der Waals surface area contributed by atoms with Gasteiger partial charge < -0.3 is 15.2 Å². The number of nitrogens with one attached hydrogen (secondary N) is 1. The van der Waals surface area contributed by atoms with Crippen molar-refractivity contribution in [1.29, 1.82) is 0 Å². The number of amides is 1. The van der Waals surface area contributed by atoms with Gasteiger partial charge >= 0.3 is 11.9 Å². The van der Waals surface area contributed by atoms with E-state index in [9.17, 15) is 19.5 Å². The van der Waals surface area contributed by atoms with Crippen molar-refractivity contribution >= 4 is 49.7 Å². The molecule has 6 nitrogen and oxygen atoms in total. The van der Waals surface area contributed by atoms with Crippen LogP contribution in [0.15, 0.2) is 81.7 Å². The summed E-state index contributed by atoms with van der Waals surface area (Å²) >= 11 is 6.60. The molecule has 0 bridgehead atoms. The minimum absolute atomic E-state index is 0.0819. The zero-order valence-corrected chi connectivity index (χ0v) is 19.2. The summed E-state index contributed by atoms with van der Waals surface area (Å²) in [7, 11) is 0. The van der Waals surface area contributed by atoms with Gasteiger partial charge in [0, 0.05) is 20.9 Å². The van der Waals surface area contributed by atoms with E-state index in [1.54, 1.807) is 72.8 Å². The Balaban J connectivity index is 1.62. The number of carbonyl (C=O) groups is 3. The van der Waals surface area contributed by atoms with Gasteiger partial charge in [0.1, 0.15) is 11.8 Å². The molecule has 0 aliphatic heterocycles. The van der Waals surface area contributed by atoms with E-state index in [4.69, 9.17) is 4.74 Å². The van der Waals surface area contributed by atoms with Crippen LogP contribution in [0.3, 0.4) is 0 Å². The van der Waals surface area contributed by atoms with Crippen LogP contribution < -0.4 is 10.1 Å². The molecule has 0 fully saturated rings.